The lowest BCUT2D eigenvalue weighted by Crippen LogP contribution is -2.36. The van der Waals surface area contributed by atoms with Crippen LogP contribution in [0.3, 0.4) is 0 Å². The summed E-state index contributed by atoms with van der Waals surface area (Å²) in [7, 11) is 3.05. The molecule has 0 unspecified atom stereocenters. The van der Waals surface area contributed by atoms with Gasteiger partial charge in [0.25, 0.3) is 35.2 Å². The Kier molecular flexibility index (Phi) is 17.9. The van der Waals surface area contributed by atoms with E-state index in [2.05, 4.69) is 41.5 Å². The molecular weight excluding hydrogens is 869 g/mol. The number of carbonyl (C=O) groups is 6. The second-order valence-corrected chi connectivity index (χ2v) is 14.9. The van der Waals surface area contributed by atoms with Crippen molar-refractivity contribution >= 4 is 70.4 Å². The molecule has 0 fully saturated rings. The largest absolute Gasteiger partial charge is 0.343 e. The molecule has 0 aliphatic carbocycles. The lowest BCUT2D eigenvalue weighted by molar-refractivity contribution is -0.117. The van der Waals surface area contributed by atoms with Crippen LogP contribution in [0, 0.1) is 51.0 Å². The topological polar surface area (TPSA) is 262 Å². The molecule has 350 valence electrons. The summed E-state index contributed by atoms with van der Waals surface area (Å²) in [6.07, 6.45) is 5.78. The van der Waals surface area contributed by atoms with E-state index in [1.807, 2.05) is 0 Å². The van der Waals surface area contributed by atoms with Gasteiger partial charge >= 0.3 is 0 Å². The summed E-state index contributed by atoms with van der Waals surface area (Å²) < 4.78 is 56.8. The van der Waals surface area contributed by atoms with Crippen LogP contribution in [0.15, 0.2) is 56.6 Å². The summed E-state index contributed by atoms with van der Waals surface area (Å²) in [6, 6.07) is 5.74. The molecule has 0 bridgehead atoms. The highest BCUT2D eigenvalue weighted by Crippen LogP contribution is 2.25. The van der Waals surface area contributed by atoms with Crippen LogP contribution >= 0.6 is 0 Å². The minimum atomic E-state index is -1.15. The first-order valence-electron chi connectivity index (χ1n) is 20.3. The van der Waals surface area contributed by atoms with Gasteiger partial charge in [0.1, 0.15) is 11.4 Å². The van der Waals surface area contributed by atoms with Crippen LogP contribution in [-0.2, 0) is 23.7 Å². The van der Waals surface area contributed by atoms with Gasteiger partial charge in [-0.2, -0.15) is 10.2 Å². The van der Waals surface area contributed by atoms with E-state index in [0.717, 1.165) is 37.1 Å². The third-order valence-corrected chi connectivity index (χ3v) is 10.5. The molecule has 0 aliphatic rings. The summed E-state index contributed by atoms with van der Waals surface area (Å²) in [4.78, 5) is 86.7. The van der Waals surface area contributed by atoms with Crippen molar-refractivity contribution in [2.75, 3.05) is 36.8 Å². The van der Waals surface area contributed by atoms with E-state index in [1.54, 1.807) is 13.8 Å². The number of Topliss-reactive ketones (excluding diaryl/α,β-unsaturated/α-hetero) is 2. The van der Waals surface area contributed by atoms with Crippen molar-refractivity contribution in [2.45, 2.75) is 53.4 Å². The average Bonchev–Trinajstić information content (AvgIpc) is 3.65. The minimum absolute atomic E-state index is 0.000270. The van der Waals surface area contributed by atoms with Gasteiger partial charge < -0.3 is 42.1 Å². The van der Waals surface area contributed by atoms with E-state index < -0.39 is 58.5 Å². The molecule has 0 spiro atoms. The fraction of sp³-hybridized carbons (Fsp3) is 0.318. The van der Waals surface area contributed by atoms with Crippen molar-refractivity contribution in [1.82, 2.24) is 19.8 Å². The third-order valence-electron chi connectivity index (χ3n) is 10.5. The highest BCUT2D eigenvalue weighted by Gasteiger charge is 2.30. The molecule has 4 aromatic rings. The number of aromatic nitrogens is 2. The number of carbonyl (C=O) groups excluding carboxylic acids is 6. The Bertz CT molecular complexity index is 2490. The van der Waals surface area contributed by atoms with Crippen LogP contribution < -0.4 is 33.0 Å². The molecule has 0 saturated heterocycles. The number of rotatable bonds is 21. The van der Waals surface area contributed by atoms with Gasteiger partial charge in [0, 0.05) is 74.5 Å². The monoisotopic (exact) mass is 918 g/mol. The number of nitrogens with one attached hydrogen (secondary N) is 4. The maximum absolute atomic E-state index is 13.7. The van der Waals surface area contributed by atoms with E-state index in [-0.39, 0.29) is 69.5 Å². The minimum Gasteiger partial charge on any atom is -0.343 e. The fourth-order valence-electron chi connectivity index (χ4n) is 6.87. The van der Waals surface area contributed by atoms with Gasteiger partial charge in [-0.25, -0.2) is 17.6 Å². The molecule has 66 heavy (non-hydrogen) atoms. The van der Waals surface area contributed by atoms with Crippen LogP contribution in [-0.4, -0.2) is 94.4 Å². The number of ketones is 2. The first-order valence-corrected chi connectivity index (χ1v) is 20.3. The van der Waals surface area contributed by atoms with Crippen LogP contribution in [0.2, 0.25) is 0 Å². The van der Waals surface area contributed by atoms with Crippen LogP contribution in [0.5, 0.6) is 0 Å². The summed E-state index contributed by atoms with van der Waals surface area (Å²) >= 11 is 0. The van der Waals surface area contributed by atoms with Crippen molar-refractivity contribution < 1.29 is 46.3 Å². The van der Waals surface area contributed by atoms with Gasteiger partial charge in [0.2, 0.25) is 0 Å². The average molecular weight is 919 g/mol. The Morgan fingerprint density at radius 2 is 0.939 bits per heavy atom. The molecular formula is C44H50F4N12O6. The summed E-state index contributed by atoms with van der Waals surface area (Å²) in [6.45, 7) is 6.54. The van der Waals surface area contributed by atoms with E-state index in [0.29, 0.717) is 37.3 Å². The number of aliphatic imine (C=N–C) groups is 2. The van der Waals surface area contributed by atoms with Crippen molar-refractivity contribution in [1.29, 1.82) is 0 Å². The van der Waals surface area contributed by atoms with Gasteiger partial charge in [-0.15, -0.1) is 0 Å². The Balaban J connectivity index is 1.16. The number of nitrogens with two attached hydrogens (primary N) is 2. The van der Waals surface area contributed by atoms with Crippen molar-refractivity contribution in [2.24, 2.45) is 46.0 Å². The number of hydrogen-bond donors (Lipinski definition) is 6. The number of anilines is 2. The van der Waals surface area contributed by atoms with E-state index >= 15 is 0 Å². The molecule has 8 N–H and O–H groups in total. The van der Waals surface area contributed by atoms with Crippen LogP contribution in [0.4, 0.5) is 28.9 Å². The second kappa shape index (κ2) is 23.2. The molecule has 18 nitrogen and oxygen atoms in total. The molecule has 0 aliphatic heterocycles. The molecule has 0 atom stereocenters. The van der Waals surface area contributed by atoms with Crippen molar-refractivity contribution in [3.8, 4) is 0 Å². The number of benzene rings is 2. The Hall–Kier alpha value is -7.78. The summed E-state index contributed by atoms with van der Waals surface area (Å²) in [5, 5.41) is 17.1. The standard InChI is InChI=1S/C44H50F4N12O6/c1-23-35(25(3)59(5)37(23)41(63)55-27-11-13-31(45)33(47)17-27)39(61)43(65)53-21-29(57-49)19-51-15-9-7-8-10-16-52-20-30(58-50)22-54-44(66)40(62)36-24(2)38(60(6)26(36)4)42(64)56-28-12-14-32(46)34(48)18-28/h11-14,17-20H,7-10,15-16,21-22,49-50H2,1-6H3,(H,53,65)(H,54,66)(H,55,63)(H,56,64). The highest BCUT2D eigenvalue weighted by molar-refractivity contribution is 6.45. The SMILES string of the molecule is Cc1c(C(=O)C(=O)NCC(C=NCCCCCCN=CC(CNC(=O)C(=O)c2c(C)c(C(=O)Nc3ccc(F)c(F)c3)n(C)c2C)=NN)=NN)c(C)n(C)c1C(=O)Nc1ccc(F)c(F)c1. The van der Waals surface area contributed by atoms with E-state index in [4.69, 9.17) is 11.7 Å². The summed E-state index contributed by atoms with van der Waals surface area (Å²) in [5.41, 5.74) is 1.59. The maximum Gasteiger partial charge on any atom is 0.292 e. The van der Waals surface area contributed by atoms with E-state index in [1.165, 1.54) is 61.6 Å². The maximum atomic E-state index is 13.7. The molecule has 4 rings (SSSR count). The Morgan fingerprint density at radius 3 is 1.27 bits per heavy atom. The third kappa shape index (κ3) is 12.5. The molecule has 0 radical (unpaired) electrons. The van der Waals surface area contributed by atoms with Gasteiger partial charge in [0.05, 0.1) is 35.6 Å². The zero-order valence-electron chi connectivity index (χ0n) is 37.1. The number of nitrogens with zero attached hydrogens (tertiary/aromatic N) is 6. The zero-order valence-corrected chi connectivity index (χ0v) is 37.1. The molecule has 2 heterocycles. The van der Waals surface area contributed by atoms with Gasteiger partial charge in [0.15, 0.2) is 23.3 Å². The van der Waals surface area contributed by atoms with E-state index in [9.17, 15) is 46.3 Å². The normalized spacial score (nSPS) is 11.9. The molecule has 0 saturated carbocycles. The number of hydrogen-bond acceptors (Lipinski definition) is 12. The highest BCUT2D eigenvalue weighted by atomic mass is 19.2. The predicted molar refractivity (Wildman–Crippen MR) is 242 cm³/mol. The predicted octanol–water partition coefficient (Wildman–Crippen LogP) is 4.29. The Morgan fingerprint density at radius 1 is 0.576 bits per heavy atom. The zero-order chi connectivity index (χ0) is 48.8. The fourth-order valence-corrected chi connectivity index (χ4v) is 6.87. The van der Waals surface area contributed by atoms with Gasteiger partial charge in [-0.3, -0.25) is 38.8 Å². The second-order valence-electron chi connectivity index (χ2n) is 14.9. The lowest BCUT2D eigenvalue weighted by atomic mass is 10.0. The van der Waals surface area contributed by atoms with Crippen LogP contribution in [0.25, 0.3) is 0 Å². The number of hydrazone groups is 2. The van der Waals surface area contributed by atoms with Gasteiger partial charge in [-0.05, 0) is 75.9 Å². The smallest absolute Gasteiger partial charge is 0.292 e. The summed E-state index contributed by atoms with van der Waals surface area (Å²) in [5.74, 6) is 1.34. The molecule has 22 heteroatoms. The molecule has 2 aromatic heterocycles. The number of halogens is 4. The first-order chi connectivity index (χ1) is 31.3. The van der Waals surface area contributed by atoms with Crippen LogP contribution in [0.1, 0.15) is 89.9 Å². The first kappa shape index (κ1) is 50.9. The Labute approximate surface area is 376 Å². The van der Waals surface area contributed by atoms with Crippen molar-refractivity contribution in [3.05, 3.63) is 105 Å². The van der Waals surface area contributed by atoms with Crippen molar-refractivity contribution in [3.63, 3.8) is 0 Å². The lowest BCUT2D eigenvalue weighted by Gasteiger charge is -2.08. The molecule has 4 amide bonds. The quantitative estimate of drug-likeness (QED) is 0.0133. The van der Waals surface area contributed by atoms with Gasteiger partial charge in [-0.1, -0.05) is 12.8 Å². The number of amides is 4. The number of unbranched alkanes of at least 4 members (excludes halogenated alkanes) is 3. The molecule has 2 aromatic carbocycles.